The molecule has 2 aromatic carbocycles. The van der Waals surface area contributed by atoms with Gasteiger partial charge in [0.25, 0.3) is 0 Å². The first-order valence-corrected chi connectivity index (χ1v) is 7.66. The van der Waals surface area contributed by atoms with Crippen LogP contribution in [0, 0.1) is 11.3 Å². The van der Waals surface area contributed by atoms with E-state index in [9.17, 15) is 0 Å². The van der Waals surface area contributed by atoms with E-state index in [2.05, 4.69) is 27.0 Å². The predicted molar refractivity (Wildman–Crippen MR) is 94.2 cm³/mol. The molecule has 0 bridgehead atoms. The highest BCUT2D eigenvalue weighted by atomic mass is 16.5. The SMILES string of the molecule is CCn1c(N/N=C\c2ccccc2OCC#N)nc2ccccc21. The number of hydrogen-bond donors (Lipinski definition) is 1. The molecule has 1 heterocycles. The molecule has 3 rings (SSSR count). The summed E-state index contributed by atoms with van der Waals surface area (Å²) in [5.74, 6) is 1.30. The third-order valence-electron chi connectivity index (χ3n) is 3.55. The molecule has 0 aliphatic heterocycles. The van der Waals surface area contributed by atoms with Gasteiger partial charge in [-0.3, -0.25) is 0 Å². The van der Waals surface area contributed by atoms with Gasteiger partial charge in [0, 0.05) is 12.1 Å². The quantitative estimate of drug-likeness (QED) is 0.558. The van der Waals surface area contributed by atoms with Crippen LogP contribution in [0.15, 0.2) is 53.6 Å². The number of nitrogens with one attached hydrogen (secondary N) is 1. The van der Waals surface area contributed by atoms with Crippen LogP contribution in [0.4, 0.5) is 5.95 Å². The second-order valence-electron chi connectivity index (χ2n) is 5.02. The van der Waals surface area contributed by atoms with Crippen molar-refractivity contribution in [2.75, 3.05) is 12.0 Å². The lowest BCUT2D eigenvalue weighted by atomic mass is 10.2. The topological polar surface area (TPSA) is 75.2 Å². The number of nitrogens with zero attached hydrogens (tertiary/aromatic N) is 4. The largest absolute Gasteiger partial charge is 0.478 e. The van der Waals surface area contributed by atoms with Crippen LogP contribution in [0.3, 0.4) is 0 Å². The van der Waals surface area contributed by atoms with Crippen LogP contribution in [-0.4, -0.2) is 22.4 Å². The van der Waals surface area contributed by atoms with Gasteiger partial charge >= 0.3 is 0 Å². The van der Waals surface area contributed by atoms with E-state index < -0.39 is 0 Å². The lowest BCUT2D eigenvalue weighted by Crippen LogP contribution is -2.02. The van der Waals surface area contributed by atoms with Crippen molar-refractivity contribution in [3.8, 4) is 11.8 Å². The molecule has 24 heavy (non-hydrogen) atoms. The molecule has 3 aromatic rings. The van der Waals surface area contributed by atoms with Crippen molar-refractivity contribution < 1.29 is 4.74 Å². The number of para-hydroxylation sites is 3. The van der Waals surface area contributed by atoms with E-state index in [1.807, 2.05) is 48.5 Å². The molecule has 0 fully saturated rings. The van der Waals surface area contributed by atoms with E-state index in [4.69, 9.17) is 10.00 Å². The maximum absolute atomic E-state index is 8.64. The van der Waals surface area contributed by atoms with Gasteiger partial charge in [0.2, 0.25) is 5.95 Å². The fraction of sp³-hybridized carbons (Fsp3) is 0.167. The number of rotatable bonds is 6. The number of hydrazone groups is 1. The molecular weight excluding hydrogens is 302 g/mol. The molecule has 6 nitrogen and oxygen atoms in total. The highest BCUT2D eigenvalue weighted by Gasteiger charge is 2.07. The Labute approximate surface area is 140 Å². The van der Waals surface area contributed by atoms with E-state index in [0.29, 0.717) is 11.7 Å². The van der Waals surface area contributed by atoms with E-state index in [1.165, 1.54) is 0 Å². The third-order valence-corrected chi connectivity index (χ3v) is 3.55. The fourth-order valence-electron chi connectivity index (χ4n) is 2.47. The number of fused-ring (bicyclic) bond motifs is 1. The van der Waals surface area contributed by atoms with E-state index >= 15 is 0 Å². The molecule has 0 unspecified atom stereocenters. The van der Waals surface area contributed by atoms with Gasteiger partial charge in [-0.1, -0.05) is 24.3 Å². The molecule has 1 N–H and O–H groups in total. The Hall–Kier alpha value is -3.33. The fourth-order valence-corrected chi connectivity index (χ4v) is 2.47. The van der Waals surface area contributed by atoms with Crippen molar-refractivity contribution >= 4 is 23.2 Å². The minimum absolute atomic E-state index is 0.00388. The Balaban J connectivity index is 1.81. The van der Waals surface area contributed by atoms with Crippen molar-refractivity contribution in [3.63, 3.8) is 0 Å². The minimum Gasteiger partial charge on any atom is -0.478 e. The summed E-state index contributed by atoms with van der Waals surface area (Å²) < 4.78 is 7.44. The number of aryl methyl sites for hydroxylation is 1. The van der Waals surface area contributed by atoms with Crippen molar-refractivity contribution in [2.24, 2.45) is 5.10 Å². The lowest BCUT2D eigenvalue weighted by Gasteiger charge is -2.06. The number of anilines is 1. The molecule has 0 saturated carbocycles. The molecule has 6 heteroatoms. The summed E-state index contributed by atoms with van der Waals surface area (Å²) in [6.07, 6.45) is 1.66. The Bertz CT molecular complexity index is 907. The smallest absolute Gasteiger partial charge is 0.224 e. The third kappa shape index (κ3) is 3.20. The van der Waals surface area contributed by atoms with Gasteiger partial charge in [0.1, 0.15) is 11.8 Å². The van der Waals surface area contributed by atoms with E-state index in [0.717, 1.165) is 23.1 Å². The Morgan fingerprint density at radius 1 is 1.25 bits per heavy atom. The Morgan fingerprint density at radius 2 is 2.04 bits per heavy atom. The number of imidazole rings is 1. The highest BCUT2D eigenvalue weighted by molar-refractivity contribution is 5.84. The second kappa shape index (κ2) is 7.29. The second-order valence-corrected chi connectivity index (χ2v) is 5.02. The summed E-state index contributed by atoms with van der Waals surface area (Å²) in [5, 5.41) is 12.9. The van der Waals surface area contributed by atoms with Gasteiger partial charge in [0.15, 0.2) is 6.61 Å². The number of aromatic nitrogens is 2. The normalized spacial score (nSPS) is 10.8. The van der Waals surface area contributed by atoms with Crippen LogP contribution in [0.25, 0.3) is 11.0 Å². The maximum Gasteiger partial charge on any atom is 0.224 e. The van der Waals surface area contributed by atoms with Gasteiger partial charge in [-0.05, 0) is 31.2 Å². The molecular formula is C18H17N5O. The zero-order chi connectivity index (χ0) is 16.8. The minimum atomic E-state index is 0.00388. The van der Waals surface area contributed by atoms with Gasteiger partial charge in [-0.25, -0.2) is 10.4 Å². The van der Waals surface area contributed by atoms with E-state index in [1.54, 1.807) is 12.3 Å². The lowest BCUT2D eigenvalue weighted by molar-refractivity contribution is 0.367. The summed E-state index contributed by atoms with van der Waals surface area (Å²) in [7, 11) is 0. The van der Waals surface area contributed by atoms with Crippen LogP contribution >= 0.6 is 0 Å². The van der Waals surface area contributed by atoms with Crippen molar-refractivity contribution in [3.05, 3.63) is 54.1 Å². The summed E-state index contributed by atoms with van der Waals surface area (Å²) >= 11 is 0. The van der Waals surface area contributed by atoms with Crippen LogP contribution in [-0.2, 0) is 6.54 Å². The number of ether oxygens (including phenoxy) is 1. The zero-order valence-electron chi connectivity index (χ0n) is 13.3. The Morgan fingerprint density at radius 3 is 2.88 bits per heavy atom. The van der Waals surface area contributed by atoms with E-state index in [-0.39, 0.29) is 6.61 Å². The zero-order valence-corrected chi connectivity index (χ0v) is 13.3. The van der Waals surface area contributed by atoms with Crippen LogP contribution < -0.4 is 10.2 Å². The maximum atomic E-state index is 8.64. The van der Waals surface area contributed by atoms with Crippen LogP contribution in [0.2, 0.25) is 0 Å². The molecule has 120 valence electrons. The van der Waals surface area contributed by atoms with Crippen LogP contribution in [0.1, 0.15) is 12.5 Å². The Kier molecular flexibility index (Phi) is 4.73. The average molecular weight is 319 g/mol. The molecule has 0 amide bonds. The summed E-state index contributed by atoms with van der Waals surface area (Å²) in [4.78, 5) is 4.55. The first kappa shape index (κ1) is 15.6. The standard InChI is InChI=1S/C18H17N5O/c1-2-23-16-9-5-4-8-15(16)21-18(23)22-20-13-14-7-3-6-10-17(14)24-12-11-19/h3-10,13H,2,12H2,1H3,(H,21,22)/b20-13-. The van der Waals surface area contributed by atoms with Gasteiger partial charge in [0.05, 0.1) is 17.2 Å². The van der Waals surface area contributed by atoms with Gasteiger partial charge in [-0.2, -0.15) is 10.4 Å². The average Bonchev–Trinajstić information content (AvgIpc) is 2.98. The molecule has 0 radical (unpaired) electrons. The molecule has 0 atom stereocenters. The van der Waals surface area contributed by atoms with Crippen molar-refractivity contribution in [2.45, 2.75) is 13.5 Å². The monoisotopic (exact) mass is 319 g/mol. The highest BCUT2D eigenvalue weighted by Crippen LogP contribution is 2.20. The van der Waals surface area contributed by atoms with Crippen molar-refractivity contribution in [1.29, 1.82) is 5.26 Å². The number of nitriles is 1. The summed E-state index contributed by atoms with van der Waals surface area (Å²) in [6, 6.07) is 17.3. The molecule has 0 saturated heterocycles. The van der Waals surface area contributed by atoms with Gasteiger partial charge < -0.3 is 9.30 Å². The van der Waals surface area contributed by atoms with Crippen molar-refractivity contribution in [1.82, 2.24) is 9.55 Å². The molecule has 0 aliphatic rings. The molecule has 1 aromatic heterocycles. The summed E-state index contributed by atoms with van der Waals surface area (Å²) in [5.41, 5.74) is 5.77. The first-order chi connectivity index (χ1) is 11.8. The summed E-state index contributed by atoms with van der Waals surface area (Å²) in [6.45, 7) is 2.86. The first-order valence-electron chi connectivity index (χ1n) is 7.66. The number of benzene rings is 2. The number of hydrogen-bond acceptors (Lipinski definition) is 5. The molecule has 0 spiro atoms. The predicted octanol–water partition coefficient (Wildman–Crippen LogP) is 3.40. The molecule has 0 aliphatic carbocycles. The van der Waals surface area contributed by atoms with Gasteiger partial charge in [-0.15, -0.1) is 0 Å². The van der Waals surface area contributed by atoms with Crippen LogP contribution in [0.5, 0.6) is 5.75 Å².